The number of methoxy groups -OCH3 is 1. The van der Waals surface area contributed by atoms with Crippen LogP contribution in [0.4, 0.5) is 0 Å². The fourth-order valence-corrected chi connectivity index (χ4v) is 3.47. The Bertz CT molecular complexity index is 678. The zero-order chi connectivity index (χ0) is 17.5. The van der Waals surface area contributed by atoms with Gasteiger partial charge in [-0.25, -0.2) is 0 Å². The van der Waals surface area contributed by atoms with Crippen LogP contribution in [-0.2, 0) is 4.74 Å². The van der Waals surface area contributed by atoms with Crippen LogP contribution >= 0.6 is 24.0 Å². The van der Waals surface area contributed by atoms with Gasteiger partial charge in [-0.3, -0.25) is 4.99 Å². The third kappa shape index (κ3) is 5.20. The van der Waals surface area contributed by atoms with Crippen molar-refractivity contribution in [3.8, 4) is 0 Å². The van der Waals surface area contributed by atoms with Crippen LogP contribution in [0.2, 0.25) is 0 Å². The lowest BCUT2D eigenvalue weighted by Gasteiger charge is -2.24. The summed E-state index contributed by atoms with van der Waals surface area (Å²) >= 11 is 0. The molecule has 140 valence electrons. The fourth-order valence-electron chi connectivity index (χ4n) is 3.47. The van der Waals surface area contributed by atoms with Gasteiger partial charge in [0.15, 0.2) is 5.96 Å². The molecule has 1 heterocycles. The molecule has 0 amide bonds. The minimum absolute atomic E-state index is 0. The molecule has 26 heavy (non-hydrogen) atoms. The van der Waals surface area contributed by atoms with Gasteiger partial charge in [-0.1, -0.05) is 60.7 Å². The lowest BCUT2D eigenvalue weighted by Crippen LogP contribution is -2.41. The maximum absolute atomic E-state index is 5.65. The molecule has 2 aromatic rings. The monoisotopic (exact) mass is 465 g/mol. The molecule has 1 aliphatic rings. The molecule has 5 heteroatoms. The number of hydrogen-bond acceptors (Lipinski definition) is 2. The number of halogens is 1. The number of guanidine groups is 1. The summed E-state index contributed by atoms with van der Waals surface area (Å²) in [5.74, 6) is 1.53. The molecule has 0 bridgehead atoms. The van der Waals surface area contributed by atoms with Crippen molar-refractivity contribution in [2.24, 2.45) is 4.99 Å². The van der Waals surface area contributed by atoms with Gasteiger partial charge >= 0.3 is 0 Å². The van der Waals surface area contributed by atoms with Crippen molar-refractivity contribution in [2.75, 3.05) is 33.8 Å². The van der Waals surface area contributed by atoms with Crippen LogP contribution in [0.1, 0.15) is 29.6 Å². The zero-order valence-electron chi connectivity index (χ0n) is 15.5. The molecule has 1 aliphatic heterocycles. The molecule has 1 saturated heterocycles. The zero-order valence-corrected chi connectivity index (χ0v) is 17.8. The van der Waals surface area contributed by atoms with E-state index in [0.717, 1.165) is 25.5 Å². The molecule has 0 aliphatic carbocycles. The van der Waals surface area contributed by atoms with E-state index in [1.54, 1.807) is 7.11 Å². The van der Waals surface area contributed by atoms with E-state index in [2.05, 4.69) is 57.7 Å². The second-order valence-electron chi connectivity index (χ2n) is 6.41. The van der Waals surface area contributed by atoms with E-state index >= 15 is 0 Å². The molecule has 0 radical (unpaired) electrons. The van der Waals surface area contributed by atoms with Gasteiger partial charge < -0.3 is 15.0 Å². The molecule has 3 rings (SSSR count). The highest BCUT2D eigenvalue weighted by molar-refractivity contribution is 14.0. The van der Waals surface area contributed by atoms with Crippen LogP contribution in [0.3, 0.4) is 0 Å². The van der Waals surface area contributed by atoms with E-state index in [1.807, 2.05) is 25.2 Å². The van der Waals surface area contributed by atoms with Gasteiger partial charge in [-0.05, 0) is 17.5 Å². The highest BCUT2D eigenvalue weighted by Gasteiger charge is 2.26. The quantitative estimate of drug-likeness (QED) is 0.411. The second kappa shape index (κ2) is 10.5. The molecule has 0 saturated carbocycles. The number of benzene rings is 2. The summed E-state index contributed by atoms with van der Waals surface area (Å²) in [6, 6.07) is 21.1. The summed E-state index contributed by atoms with van der Waals surface area (Å²) in [5.41, 5.74) is 2.59. The van der Waals surface area contributed by atoms with Crippen molar-refractivity contribution < 1.29 is 4.74 Å². The van der Waals surface area contributed by atoms with Crippen molar-refractivity contribution >= 4 is 29.9 Å². The van der Waals surface area contributed by atoms with Crippen molar-refractivity contribution in [2.45, 2.75) is 18.4 Å². The topological polar surface area (TPSA) is 36.9 Å². The summed E-state index contributed by atoms with van der Waals surface area (Å²) in [4.78, 5) is 6.82. The smallest absolute Gasteiger partial charge is 0.193 e. The Morgan fingerprint density at radius 1 is 1.15 bits per heavy atom. The molecular weight excluding hydrogens is 437 g/mol. The highest BCUT2D eigenvalue weighted by atomic mass is 127. The average Bonchev–Trinajstić information content (AvgIpc) is 3.17. The molecule has 4 nitrogen and oxygen atoms in total. The van der Waals surface area contributed by atoms with Crippen LogP contribution in [-0.4, -0.2) is 44.7 Å². The Morgan fingerprint density at radius 2 is 1.81 bits per heavy atom. The van der Waals surface area contributed by atoms with Crippen LogP contribution in [0, 0.1) is 0 Å². The summed E-state index contributed by atoms with van der Waals surface area (Å²) in [6.07, 6.45) is 1.18. The van der Waals surface area contributed by atoms with Gasteiger partial charge in [0, 0.05) is 39.7 Å². The molecule has 2 unspecified atom stereocenters. The first-order valence-electron chi connectivity index (χ1n) is 8.90. The average molecular weight is 465 g/mol. The number of nitrogens with zero attached hydrogens (tertiary/aromatic N) is 2. The van der Waals surface area contributed by atoms with E-state index in [9.17, 15) is 0 Å². The minimum Gasteiger partial charge on any atom is -0.375 e. The van der Waals surface area contributed by atoms with Gasteiger partial charge in [0.05, 0.1) is 6.10 Å². The van der Waals surface area contributed by atoms with Gasteiger partial charge in [-0.2, -0.15) is 0 Å². The third-order valence-corrected chi connectivity index (χ3v) is 4.87. The predicted octanol–water partition coefficient (Wildman–Crippen LogP) is 4.06. The van der Waals surface area contributed by atoms with Gasteiger partial charge in [0.1, 0.15) is 0 Å². The number of ether oxygens (including phenoxy) is 1. The molecule has 2 atom stereocenters. The highest BCUT2D eigenvalue weighted by Crippen LogP contribution is 2.27. The van der Waals surface area contributed by atoms with Gasteiger partial charge in [0.25, 0.3) is 0 Å². The number of hydrogen-bond donors (Lipinski definition) is 1. The van der Waals surface area contributed by atoms with Crippen LogP contribution in [0.25, 0.3) is 0 Å². The SMILES string of the molecule is CN=C(NCC(OC)c1ccccc1)N1CCC(c2ccccc2)C1.I. The molecule has 0 spiro atoms. The molecule has 1 N–H and O–H groups in total. The largest absolute Gasteiger partial charge is 0.375 e. The molecule has 0 aromatic heterocycles. The Labute approximate surface area is 173 Å². The van der Waals surface area contributed by atoms with Crippen molar-refractivity contribution in [3.05, 3.63) is 71.8 Å². The molecule has 2 aromatic carbocycles. The lowest BCUT2D eigenvalue weighted by molar-refractivity contribution is 0.106. The maximum Gasteiger partial charge on any atom is 0.193 e. The lowest BCUT2D eigenvalue weighted by atomic mass is 9.99. The van der Waals surface area contributed by atoms with Gasteiger partial charge in [0.2, 0.25) is 0 Å². The molecular formula is C21H28IN3O. The van der Waals surface area contributed by atoms with E-state index < -0.39 is 0 Å². The first kappa shape index (κ1) is 20.7. The Morgan fingerprint density at radius 3 is 2.42 bits per heavy atom. The summed E-state index contributed by atoms with van der Waals surface area (Å²) in [5, 5.41) is 3.48. The fraction of sp³-hybridized carbons (Fsp3) is 0.381. The Balaban J connectivity index is 0.00000243. The second-order valence-corrected chi connectivity index (χ2v) is 6.41. The van der Waals surface area contributed by atoms with E-state index in [-0.39, 0.29) is 30.1 Å². The minimum atomic E-state index is 0. The first-order valence-corrected chi connectivity index (χ1v) is 8.90. The Hall–Kier alpha value is -1.60. The number of likely N-dealkylation sites (tertiary alicyclic amines) is 1. The predicted molar refractivity (Wildman–Crippen MR) is 118 cm³/mol. The number of rotatable bonds is 5. The Kier molecular flexibility index (Phi) is 8.38. The van der Waals surface area contributed by atoms with E-state index in [4.69, 9.17) is 4.74 Å². The summed E-state index contributed by atoms with van der Waals surface area (Å²) < 4.78 is 5.65. The third-order valence-electron chi connectivity index (χ3n) is 4.87. The van der Waals surface area contributed by atoms with Crippen molar-refractivity contribution in [1.29, 1.82) is 0 Å². The van der Waals surface area contributed by atoms with Crippen LogP contribution < -0.4 is 5.32 Å². The summed E-state index contributed by atoms with van der Waals surface area (Å²) in [6.45, 7) is 2.74. The first-order chi connectivity index (χ1) is 12.3. The van der Waals surface area contributed by atoms with Crippen molar-refractivity contribution in [1.82, 2.24) is 10.2 Å². The van der Waals surface area contributed by atoms with Crippen LogP contribution in [0.15, 0.2) is 65.7 Å². The number of aliphatic imine (C=N–C) groups is 1. The molecule has 1 fully saturated rings. The van der Waals surface area contributed by atoms with Crippen molar-refractivity contribution in [3.63, 3.8) is 0 Å². The standard InChI is InChI=1S/C21H27N3O.HI/c1-22-21(23-15-20(25-2)18-11-7-4-8-12-18)24-14-13-19(16-24)17-9-5-3-6-10-17;/h3-12,19-20H,13-16H2,1-2H3,(H,22,23);1H. The normalized spacial score (nSPS) is 18.3. The van der Waals surface area contributed by atoms with E-state index in [1.165, 1.54) is 11.1 Å². The van der Waals surface area contributed by atoms with Gasteiger partial charge in [-0.15, -0.1) is 24.0 Å². The van der Waals surface area contributed by atoms with Crippen LogP contribution in [0.5, 0.6) is 0 Å². The van der Waals surface area contributed by atoms with E-state index in [0.29, 0.717) is 12.5 Å². The number of nitrogens with one attached hydrogen (secondary N) is 1. The summed E-state index contributed by atoms with van der Waals surface area (Å²) in [7, 11) is 3.60. The maximum atomic E-state index is 5.65.